The molecule has 0 amide bonds. The van der Waals surface area contributed by atoms with Crippen molar-refractivity contribution in [3.05, 3.63) is 116 Å². The third-order valence-electron chi connectivity index (χ3n) is 6.22. The van der Waals surface area contributed by atoms with Crippen molar-refractivity contribution in [3.8, 4) is 32.8 Å². The van der Waals surface area contributed by atoms with Gasteiger partial charge in [-0.15, -0.1) is 16.4 Å². The fourth-order valence-corrected chi connectivity index (χ4v) is 5.35. The molecule has 12 heteroatoms. The minimum atomic E-state index is -4.41. The van der Waals surface area contributed by atoms with Gasteiger partial charge in [0.05, 0.1) is 24.0 Å². The molecular formula is C28H16Cl2F3N5OS. The topological polar surface area (TPSA) is 65.1 Å². The van der Waals surface area contributed by atoms with E-state index < -0.39 is 17.4 Å². The lowest BCUT2D eigenvalue weighted by molar-refractivity contribution is -0.137. The van der Waals surface area contributed by atoms with Crippen LogP contribution in [0.2, 0.25) is 10.0 Å². The zero-order valence-electron chi connectivity index (χ0n) is 20.2. The van der Waals surface area contributed by atoms with Crippen molar-refractivity contribution in [1.29, 1.82) is 0 Å². The molecule has 0 atom stereocenters. The first kappa shape index (κ1) is 26.2. The van der Waals surface area contributed by atoms with Gasteiger partial charge in [-0.2, -0.15) is 22.8 Å². The Kier molecular flexibility index (Phi) is 6.69. The van der Waals surface area contributed by atoms with Crippen LogP contribution in [0.5, 0.6) is 0 Å². The van der Waals surface area contributed by atoms with Crippen LogP contribution in [-0.2, 0) is 12.7 Å². The molecule has 0 aliphatic rings. The van der Waals surface area contributed by atoms with Gasteiger partial charge in [0.15, 0.2) is 5.65 Å². The Morgan fingerprint density at radius 1 is 0.825 bits per heavy atom. The second-order valence-corrected chi connectivity index (χ2v) is 10.6. The van der Waals surface area contributed by atoms with E-state index in [1.807, 2.05) is 24.3 Å². The first-order valence-corrected chi connectivity index (χ1v) is 13.4. The van der Waals surface area contributed by atoms with Crippen LogP contribution in [0.15, 0.2) is 89.2 Å². The summed E-state index contributed by atoms with van der Waals surface area (Å²) in [6, 6.07) is 19.3. The minimum Gasteiger partial charge on any atom is -0.244 e. The van der Waals surface area contributed by atoms with Crippen LogP contribution >= 0.6 is 34.5 Å². The maximum atomic E-state index is 13.3. The van der Waals surface area contributed by atoms with E-state index >= 15 is 0 Å². The molecular weight excluding hydrogens is 582 g/mol. The second kappa shape index (κ2) is 10.2. The normalized spacial score (nSPS) is 11.8. The molecule has 0 N–H and O–H groups in total. The SMILES string of the molecule is O=c1n(Cc2csc(-c3ccc(C(F)(F)F)cc3)n2)nc2c(-c3ccc(Cl)cc3)c(-c3ccc(Cl)cc3)cnn12. The number of nitrogens with zero attached hydrogens (tertiary/aromatic N) is 5. The van der Waals surface area contributed by atoms with Crippen molar-refractivity contribution in [2.75, 3.05) is 0 Å². The highest BCUT2D eigenvalue weighted by molar-refractivity contribution is 7.13. The Balaban J connectivity index is 1.40. The Labute approximate surface area is 238 Å². The smallest absolute Gasteiger partial charge is 0.244 e. The van der Waals surface area contributed by atoms with Crippen LogP contribution in [0, 0.1) is 0 Å². The van der Waals surface area contributed by atoms with Crippen LogP contribution in [0.25, 0.3) is 38.5 Å². The Bertz CT molecular complexity index is 1900. The highest BCUT2D eigenvalue weighted by atomic mass is 35.5. The first-order chi connectivity index (χ1) is 19.2. The zero-order valence-corrected chi connectivity index (χ0v) is 22.6. The predicted octanol–water partition coefficient (Wildman–Crippen LogP) is 7.72. The number of fused-ring (bicyclic) bond motifs is 1. The standard InChI is InChI=1S/C28H16Cl2F3N5OS/c29-20-9-3-16(4-10-20)23-13-34-38-25(24(23)17-5-11-21(30)12-6-17)36-37(27(38)39)14-22-15-40-26(35-22)18-1-7-19(8-2-18)28(31,32)33/h1-13,15H,14H2. The molecule has 3 heterocycles. The van der Waals surface area contributed by atoms with Gasteiger partial charge < -0.3 is 0 Å². The van der Waals surface area contributed by atoms with Gasteiger partial charge in [0, 0.05) is 32.1 Å². The number of thiazole rings is 1. The van der Waals surface area contributed by atoms with E-state index in [1.165, 1.54) is 32.7 Å². The van der Waals surface area contributed by atoms with Gasteiger partial charge in [-0.05, 0) is 47.5 Å². The maximum absolute atomic E-state index is 13.3. The van der Waals surface area contributed by atoms with Gasteiger partial charge in [0.25, 0.3) is 0 Å². The van der Waals surface area contributed by atoms with E-state index in [0.717, 1.165) is 28.8 Å². The molecule has 0 unspecified atom stereocenters. The van der Waals surface area contributed by atoms with Gasteiger partial charge in [0.2, 0.25) is 0 Å². The molecule has 0 spiro atoms. The van der Waals surface area contributed by atoms with Crippen molar-refractivity contribution in [2.24, 2.45) is 0 Å². The van der Waals surface area contributed by atoms with Gasteiger partial charge in [0.1, 0.15) is 5.01 Å². The minimum absolute atomic E-state index is 0.0513. The van der Waals surface area contributed by atoms with Crippen molar-refractivity contribution >= 4 is 40.2 Å². The van der Waals surface area contributed by atoms with Crippen LogP contribution in [0.3, 0.4) is 0 Å². The molecule has 0 aliphatic heterocycles. The average molecular weight is 598 g/mol. The van der Waals surface area contributed by atoms with Gasteiger partial charge in [-0.3, -0.25) is 0 Å². The van der Waals surface area contributed by atoms with E-state index in [-0.39, 0.29) is 6.54 Å². The molecule has 6 rings (SSSR count). The zero-order chi connectivity index (χ0) is 28.0. The van der Waals surface area contributed by atoms with Crippen molar-refractivity contribution in [3.63, 3.8) is 0 Å². The van der Waals surface area contributed by atoms with Gasteiger partial charge >= 0.3 is 11.9 Å². The fraction of sp³-hybridized carbons (Fsp3) is 0.0714. The van der Waals surface area contributed by atoms with Gasteiger partial charge in [-0.25, -0.2) is 14.5 Å². The van der Waals surface area contributed by atoms with Gasteiger partial charge in [-0.1, -0.05) is 59.6 Å². The summed E-state index contributed by atoms with van der Waals surface area (Å²) in [5.74, 6) is 0. The number of halogens is 5. The van der Waals surface area contributed by atoms with E-state index in [0.29, 0.717) is 37.5 Å². The molecule has 0 aliphatic carbocycles. The van der Waals surface area contributed by atoms with Crippen molar-refractivity contribution < 1.29 is 13.2 Å². The summed E-state index contributed by atoms with van der Waals surface area (Å²) >= 11 is 13.5. The molecule has 3 aromatic carbocycles. The fourth-order valence-electron chi connectivity index (χ4n) is 4.28. The molecule has 0 bridgehead atoms. The Hall–Kier alpha value is -3.99. The van der Waals surface area contributed by atoms with Crippen molar-refractivity contribution in [1.82, 2.24) is 24.4 Å². The summed E-state index contributed by atoms with van der Waals surface area (Å²) in [7, 11) is 0. The van der Waals surface area contributed by atoms with E-state index in [2.05, 4.69) is 15.2 Å². The monoisotopic (exact) mass is 597 g/mol. The van der Waals surface area contributed by atoms with Crippen LogP contribution < -0.4 is 5.69 Å². The van der Waals surface area contributed by atoms with Crippen LogP contribution in [0.1, 0.15) is 11.3 Å². The van der Waals surface area contributed by atoms with Crippen LogP contribution in [0.4, 0.5) is 13.2 Å². The predicted molar refractivity (Wildman–Crippen MR) is 150 cm³/mol. The first-order valence-electron chi connectivity index (χ1n) is 11.8. The highest BCUT2D eigenvalue weighted by Crippen LogP contribution is 2.35. The molecule has 0 saturated heterocycles. The molecule has 0 fully saturated rings. The number of hydrogen-bond acceptors (Lipinski definition) is 5. The lowest BCUT2D eigenvalue weighted by Gasteiger charge is -2.11. The second-order valence-electron chi connectivity index (χ2n) is 8.84. The quantitative estimate of drug-likeness (QED) is 0.204. The Morgan fingerprint density at radius 2 is 1.43 bits per heavy atom. The summed E-state index contributed by atoms with van der Waals surface area (Å²) in [5.41, 5.74) is 3.31. The number of benzene rings is 3. The van der Waals surface area contributed by atoms with E-state index in [9.17, 15) is 18.0 Å². The third kappa shape index (κ3) is 5.01. The number of rotatable bonds is 5. The summed E-state index contributed by atoms with van der Waals surface area (Å²) in [5, 5.41) is 12.4. The summed E-state index contributed by atoms with van der Waals surface area (Å²) < 4.78 is 41.2. The molecule has 6 nitrogen and oxygen atoms in total. The summed E-state index contributed by atoms with van der Waals surface area (Å²) in [6.07, 6.45) is -2.80. The number of hydrogen-bond donors (Lipinski definition) is 0. The lowest BCUT2D eigenvalue weighted by atomic mass is 9.97. The maximum Gasteiger partial charge on any atom is 0.416 e. The van der Waals surface area contributed by atoms with E-state index in [4.69, 9.17) is 23.2 Å². The number of alkyl halides is 3. The highest BCUT2D eigenvalue weighted by Gasteiger charge is 2.30. The molecule has 0 radical (unpaired) electrons. The summed E-state index contributed by atoms with van der Waals surface area (Å²) in [4.78, 5) is 17.8. The molecule has 40 heavy (non-hydrogen) atoms. The molecule has 3 aromatic heterocycles. The number of aromatic nitrogens is 5. The Morgan fingerprint density at radius 3 is 2.05 bits per heavy atom. The molecule has 0 saturated carbocycles. The lowest BCUT2D eigenvalue weighted by Crippen LogP contribution is -2.23. The largest absolute Gasteiger partial charge is 0.416 e. The van der Waals surface area contributed by atoms with Crippen LogP contribution in [-0.4, -0.2) is 24.4 Å². The molecule has 6 aromatic rings. The average Bonchev–Trinajstić information content (AvgIpc) is 3.53. The van der Waals surface area contributed by atoms with E-state index in [1.54, 1.807) is 35.8 Å². The molecule has 200 valence electrons. The third-order valence-corrected chi connectivity index (χ3v) is 7.67. The summed E-state index contributed by atoms with van der Waals surface area (Å²) in [6.45, 7) is 0.0513. The van der Waals surface area contributed by atoms with Crippen molar-refractivity contribution in [2.45, 2.75) is 12.7 Å².